The number of carbonyl (C=O) groups is 1. The molecule has 3 aromatic rings. The SMILES string of the molecule is CCCCCCOc1c(Br)cc(C2C3=C(CC(C)(C)CC3=O)Nc3nc(SCc4ccccc4Cl)nn32)cc1OC. The van der Waals surface area contributed by atoms with Gasteiger partial charge < -0.3 is 14.8 Å². The third-order valence-electron chi connectivity index (χ3n) is 7.44. The second kappa shape index (κ2) is 12.8. The summed E-state index contributed by atoms with van der Waals surface area (Å²) in [6, 6.07) is 11.3. The Balaban J connectivity index is 1.51. The van der Waals surface area contributed by atoms with E-state index in [4.69, 9.17) is 31.2 Å². The minimum atomic E-state index is -0.448. The fourth-order valence-corrected chi connectivity index (χ4v) is 7.15. The molecule has 5 rings (SSSR count). The van der Waals surface area contributed by atoms with Crippen molar-refractivity contribution < 1.29 is 14.3 Å². The van der Waals surface area contributed by atoms with Crippen LogP contribution < -0.4 is 14.8 Å². The third kappa shape index (κ3) is 6.62. The quantitative estimate of drug-likeness (QED) is 0.163. The van der Waals surface area contributed by atoms with Gasteiger partial charge in [0.1, 0.15) is 6.04 Å². The van der Waals surface area contributed by atoms with Gasteiger partial charge in [0.15, 0.2) is 17.3 Å². The number of ether oxygens (including phenoxy) is 2. The number of halogens is 2. The zero-order valence-corrected chi connectivity index (χ0v) is 27.1. The van der Waals surface area contributed by atoms with Crippen LogP contribution in [0.25, 0.3) is 0 Å². The van der Waals surface area contributed by atoms with Gasteiger partial charge in [-0.1, -0.05) is 81.6 Å². The van der Waals surface area contributed by atoms with Gasteiger partial charge in [-0.25, -0.2) is 4.68 Å². The van der Waals surface area contributed by atoms with Crippen molar-refractivity contribution in [1.29, 1.82) is 0 Å². The first-order valence-electron chi connectivity index (χ1n) is 14.1. The number of hydrogen-bond donors (Lipinski definition) is 1. The van der Waals surface area contributed by atoms with Crippen LogP contribution in [0.2, 0.25) is 5.02 Å². The summed E-state index contributed by atoms with van der Waals surface area (Å²) in [6.45, 7) is 7.06. The Morgan fingerprint density at radius 2 is 2.00 bits per heavy atom. The van der Waals surface area contributed by atoms with Crippen LogP contribution >= 0.6 is 39.3 Å². The maximum Gasteiger partial charge on any atom is 0.227 e. The van der Waals surface area contributed by atoms with Crippen LogP contribution in [0.1, 0.15) is 76.5 Å². The molecule has 7 nitrogen and oxygen atoms in total. The smallest absolute Gasteiger partial charge is 0.227 e. The van der Waals surface area contributed by atoms with Crippen molar-refractivity contribution in [3.63, 3.8) is 0 Å². The average molecular weight is 660 g/mol. The molecule has 1 atom stereocenters. The van der Waals surface area contributed by atoms with Crippen molar-refractivity contribution >= 4 is 51.0 Å². The van der Waals surface area contributed by atoms with E-state index < -0.39 is 6.04 Å². The van der Waals surface area contributed by atoms with Crippen molar-refractivity contribution in [2.75, 3.05) is 19.0 Å². The van der Waals surface area contributed by atoms with E-state index in [1.54, 1.807) is 7.11 Å². The van der Waals surface area contributed by atoms with E-state index in [1.807, 2.05) is 41.1 Å². The third-order valence-corrected chi connectivity index (χ3v) is 9.28. The van der Waals surface area contributed by atoms with E-state index in [9.17, 15) is 4.79 Å². The second-order valence-corrected chi connectivity index (χ2v) is 13.6. The van der Waals surface area contributed by atoms with Crippen LogP contribution in [0.5, 0.6) is 11.5 Å². The molecule has 0 spiro atoms. The lowest BCUT2D eigenvalue weighted by Gasteiger charge is -2.38. The number of benzene rings is 2. The highest BCUT2D eigenvalue weighted by atomic mass is 79.9. The first-order valence-corrected chi connectivity index (χ1v) is 16.2. The number of aromatic nitrogens is 3. The lowest BCUT2D eigenvalue weighted by molar-refractivity contribution is -0.118. The number of unbranched alkanes of at least 4 members (excludes halogenated alkanes) is 3. The van der Waals surface area contributed by atoms with Crippen LogP contribution in [0.15, 0.2) is 57.3 Å². The van der Waals surface area contributed by atoms with E-state index in [2.05, 4.69) is 42.0 Å². The van der Waals surface area contributed by atoms with Gasteiger partial charge in [0.05, 0.1) is 18.2 Å². The molecule has 41 heavy (non-hydrogen) atoms. The Kier molecular flexibility index (Phi) is 9.36. The Morgan fingerprint density at radius 3 is 2.76 bits per heavy atom. The highest BCUT2D eigenvalue weighted by Gasteiger charge is 2.42. The molecule has 2 heterocycles. The lowest BCUT2D eigenvalue weighted by Crippen LogP contribution is -2.36. The minimum absolute atomic E-state index is 0.117. The van der Waals surface area contributed by atoms with Gasteiger partial charge in [0, 0.05) is 28.5 Å². The summed E-state index contributed by atoms with van der Waals surface area (Å²) in [5.41, 5.74) is 3.38. The summed E-state index contributed by atoms with van der Waals surface area (Å²) in [7, 11) is 1.64. The van der Waals surface area contributed by atoms with Crippen molar-refractivity contribution in [2.45, 2.75) is 76.2 Å². The molecule has 0 amide bonds. The summed E-state index contributed by atoms with van der Waals surface area (Å²) in [6.07, 6.45) is 5.70. The normalized spacial score (nSPS) is 17.6. The zero-order chi connectivity index (χ0) is 29.1. The molecule has 0 saturated heterocycles. The van der Waals surface area contributed by atoms with Crippen LogP contribution in [-0.4, -0.2) is 34.3 Å². The number of nitrogens with one attached hydrogen (secondary N) is 1. The molecular weight excluding hydrogens is 624 g/mol. The van der Waals surface area contributed by atoms with Crippen LogP contribution in [0.3, 0.4) is 0 Å². The van der Waals surface area contributed by atoms with Gasteiger partial charge in [0.2, 0.25) is 11.1 Å². The van der Waals surface area contributed by atoms with Gasteiger partial charge in [-0.3, -0.25) is 4.79 Å². The number of methoxy groups -OCH3 is 1. The molecule has 1 N–H and O–H groups in total. The first-order chi connectivity index (χ1) is 19.7. The summed E-state index contributed by atoms with van der Waals surface area (Å²) in [5.74, 6) is 2.65. The molecule has 2 aromatic carbocycles. The molecule has 0 fully saturated rings. The van der Waals surface area contributed by atoms with E-state index in [0.717, 1.165) is 51.2 Å². The Hall–Kier alpha value is -2.49. The second-order valence-electron chi connectivity index (χ2n) is 11.3. The summed E-state index contributed by atoms with van der Waals surface area (Å²) in [4.78, 5) is 18.5. The van der Waals surface area contributed by atoms with Crippen molar-refractivity contribution in [3.05, 3.63) is 68.3 Å². The van der Waals surface area contributed by atoms with Crippen LogP contribution in [-0.2, 0) is 10.5 Å². The maximum atomic E-state index is 13.7. The van der Waals surface area contributed by atoms with E-state index >= 15 is 0 Å². The fraction of sp³-hybridized carbons (Fsp3) is 0.452. The van der Waals surface area contributed by atoms with E-state index in [0.29, 0.717) is 41.4 Å². The van der Waals surface area contributed by atoms with Crippen molar-refractivity contribution in [3.8, 4) is 11.5 Å². The molecule has 1 unspecified atom stereocenters. The number of hydrogen-bond acceptors (Lipinski definition) is 7. The number of allylic oxidation sites excluding steroid dienone is 2. The monoisotopic (exact) mass is 658 g/mol. The number of rotatable bonds is 11. The van der Waals surface area contributed by atoms with Crippen molar-refractivity contribution in [1.82, 2.24) is 14.8 Å². The number of ketones is 1. The van der Waals surface area contributed by atoms with Gasteiger partial charge >= 0.3 is 0 Å². The van der Waals surface area contributed by atoms with Gasteiger partial charge in [-0.15, -0.1) is 5.10 Å². The number of thioether (sulfide) groups is 1. The molecule has 0 radical (unpaired) electrons. The molecule has 1 aromatic heterocycles. The highest BCUT2D eigenvalue weighted by molar-refractivity contribution is 9.10. The summed E-state index contributed by atoms with van der Waals surface area (Å²) in [5, 5.41) is 9.68. The number of fused-ring (bicyclic) bond motifs is 1. The molecule has 218 valence electrons. The summed E-state index contributed by atoms with van der Waals surface area (Å²) < 4.78 is 14.5. The zero-order valence-electron chi connectivity index (χ0n) is 23.9. The first kappa shape index (κ1) is 30.0. The highest BCUT2D eigenvalue weighted by Crippen LogP contribution is 2.48. The van der Waals surface area contributed by atoms with Crippen LogP contribution in [0, 0.1) is 5.41 Å². The minimum Gasteiger partial charge on any atom is -0.493 e. The predicted octanol–water partition coefficient (Wildman–Crippen LogP) is 8.61. The maximum absolute atomic E-state index is 13.7. The number of Topliss-reactive ketones (excluding diaryl/α,β-unsaturated/α-hetero) is 1. The number of nitrogens with zero attached hydrogens (tertiary/aromatic N) is 3. The molecule has 0 bridgehead atoms. The Morgan fingerprint density at radius 1 is 1.20 bits per heavy atom. The Bertz CT molecular complexity index is 1470. The predicted molar refractivity (Wildman–Crippen MR) is 168 cm³/mol. The van der Waals surface area contributed by atoms with Gasteiger partial charge in [-0.2, -0.15) is 4.98 Å². The standard InChI is InChI=1S/C31H36BrClN4O3S/c1-5-6-7-10-13-40-28-21(32)14-20(15-25(28)39-4)27-26-23(16-31(2,3)17-24(26)38)34-29-35-30(36-37(27)29)41-18-19-11-8-9-12-22(19)33/h8-9,11-12,14-15,27H,5-7,10,13,16-18H2,1-4H3,(H,34,35,36). The van der Waals surface area contributed by atoms with E-state index in [1.165, 1.54) is 24.6 Å². The molecule has 2 aliphatic rings. The molecule has 1 aliphatic carbocycles. The van der Waals surface area contributed by atoms with Crippen LogP contribution in [0.4, 0.5) is 5.95 Å². The number of anilines is 1. The average Bonchev–Trinajstić information content (AvgIpc) is 3.33. The fourth-order valence-electron chi connectivity index (χ4n) is 5.46. The van der Waals surface area contributed by atoms with Gasteiger partial charge in [-0.05, 0) is 63.5 Å². The molecule has 1 aliphatic heterocycles. The van der Waals surface area contributed by atoms with E-state index in [-0.39, 0.29) is 11.2 Å². The largest absolute Gasteiger partial charge is 0.493 e. The topological polar surface area (TPSA) is 78.3 Å². The lowest BCUT2D eigenvalue weighted by atomic mass is 9.73. The summed E-state index contributed by atoms with van der Waals surface area (Å²) >= 11 is 11.6. The van der Waals surface area contributed by atoms with Gasteiger partial charge in [0.25, 0.3) is 0 Å². The molecular formula is C31H36BrClN4O3S. The molecule has 10 heteroatoms. The molecule has 0 saturated carbocycles. The number of carbonyl (C=O) groups excluding carboxylic acids is 1. The Labute approximate surface area is 259 Å². The van der Waals surface area contributed by atoms with Crippen molar-refractivity contribution in [2.24, 2.45) is 5.41 Å².